The molecule has 0 fully saturated rings. The zero-order chi connectivity index (χ0) is 15.9. The monoisotopic (exact) mass is 312 g/mol. The highest BCUT2D eigenvalue weighted by molar-refractivity contribution is 7.02. The number of allylic oxidation sites excluding steroid dienone is 2. The summed E-state index contributed by atoms with van der Waals surface area (Å²) in [6.45, 7) is 4.58. The Morgan fingerprint density at radius 3 is 2.59 bits per heavy atom. The predicted octanol–water partition coefficient (Wildman–Crippen LogP) is 2.93. The van der Waals surface area contributed by atoms with Gasteiger partial charge < -0.3 is 10.0 Å². The molecule has 1 aliphatic carbocycles. The van der Waals surface area contributed by atoms with Crippen molar-refractivity contribution in [2.45, 2.75) is 32.0 Å². The third kappa shape index (κ3) is 2.18. The van der Waals surface area contributed by atoms with Crippen LogP contribution < -0.4 is 10.1 Å². The summed E-state index contributed by atoms with van der Waals surface area (Å²) in [6.07, 6.45) is 5.38. The molecule has 1 unspecified atom stereocenters. The first-order chi connectivity index (χ1) is 10.5. The number of hydrogen-bond donors (Lipinski definition) is 1. The van der Waals surface area contributed by atoms with E-state index in [2.05, 4.69) is 51.0 Å². The first kappa shape index (κ1) is 15.3. The first-order valence-electron chi connectivity index (χ1n) is 8.01. The lowest BCUT2D eigenvalue weighted by Crippen LogP contribution is -2.53. The van der Waals surface area contributed by atoms with Gasteiger partial charge in [-0.1, -0.05) is 38.1 Å². The molecule has 1 aromatic carbocycles. The maximum absolute atomic E-state index is 10.1. The van der Waals surface area contributed by atoms with Gasteiger partial charge in [-0.2, -0.15) is 0 Å². The molecule has 22 heavy (non-hydrogen) atoms. The smallest absolute Gasteiger partial charge is 0.123 e. The fourth-order valence-electron chi connectivity index (χ4n) is 3.66. The van der Waals surface area contributed by atoms with Crippen molar-refractivity contribution < 1.29 is 5.11 Å². The lowest BCUT2D eigenvalue weighted by Gasteiger charge is -2.39. The summed E-state index contributed by atoms with van der Waals surface area (Å²) in [7, 11) is 2.31. The molecule has 4 heteroatoms. The molecule has 0 saturated carbocycles. The SMILES string of the molecule is CC[Si]1(CC)C2=CC(O)C=CC2=Nc2ccc(N(C)C)cc21. The van der Waals surface area contributed by atoms with Crippen molar-refractivity contribution in [3.63, 3.8) is 0 Å². The number of fused-ring (bicyclic) bond motifs is 2. The topological polar surface area (TPSA) is 35.8 Å². The van der Waals surface area contributed by atoms with Crippen molar-refractivity contribution >= 4 is 30.3 Å². The number of aliphatic imine (C=N–C) groups is 1. The van der Waals surface area contributed by atoms with E-state index in [9.17, 15) is 5.11 Å². The minimum Gasteiger partial charge on any atom is -0.385 e. The molecule has 0 bridgehead atoms. The van der Waals surface area contributed by atoms with Crippen LogP contribution in [0.15, 0.2) is 46.6 Å². The van der Waals surface area contributed by atoms with E-state index in [-0.39, 0.29) is 0 Å². The summed E-state index contributed by atoms with van der Waals surface area (Å²) in [4.78, 5) is 7.01. The molecule has 0 aromatic heterocycles. The Morgan fingerprint density at radius 2 is 1.95 bits per heavy atom. The van der Waals surface area contributed by atoms with Crippen LogP contribution in [0.1, 0.15) is 13.8 Å². The van der Waals surface area contributed by atoms with Gasteiger partial charge >= 0.3 is 0 Å². The van der Waals surface area contributed by atoms with Gasteiger partial charge in [-0.25, -0.2) is 4.99 Å². The summed E-state index contributed by atoms with van der Waals surface area (Å²) in [6, 6.07) is 8.89. The molecule has 1 aliphatic heterocycles. The maximum atomic E-state index is 10.1. The lowest BCUT2D eigenvalue weighted by molar-refractivity contribution is 0.271. The average molecular weight is 312 g/mol. The van der Waals surface area contributed by atoms with Gasteiger partial charge in [-0.3, -0.25) is 0 Å². The molecule has 3 nitrogen and oxygen atoms in total. The average Bonchev–Trinajstić information content (AvgIpc) is 2.52. The van der Waals surface area contributed by atoms with Gasteiger partial charge in [0.05, 0.1) is 17.5 Å². The van der Waals surface area contributed by atoms with Gasteiger partial charge in [-0.05, 0) is 34.7 Å². The summed E-state index contributed by atoms with van der Waals surface area (Å²) >= 11 is 0. The van der Waals surface area contributed by atoms with Crippen LogP contribution >= 0.6 is 0 Å². The van der Waals surface area contributed by atoms with Gasteiger partial charge in [0.1, 0.15) is 8.07 Å². The Labute approximate surface area is 133 Å². The van der Waals surface area contributed by atoms with E-state index in [1.165, 1.54) is 16.1 Å². The third-order valence-electron chi connectivity index (χ3n) is 5.04. The number of nitrogens with zero attached hydrogens (tertiary/aromatic N) is 2. The van der Waals surface area contributed by atoms with E-state index in [0.717, 1.165) is 23.5 Å². The second-order valence-electron chi connectivity index (χ2n) is 6.31. The number of anilines is 1. The van der Waals surface area contributed by atoms with Crippen molar-refractivity contribution in [3.8, 4) is 0 Å². The molecule has 1 N–H and O–H groups in total. The van der Waals surface area contributed by atoms with Crippen LogP contribution in [0.2, 0.25) is 12.1 Å². The standard InChI is InChI=1S/C18H24N2OSi/c1-5-22(6-2)17-11-13(20(3)4)7-9-15(17)19-16-10-8-14(21)12-18(16)22/h7-12,14,21H,5-6H2,1-4H3. The van der Waals surface area contributed by atoms with Gasteiger partial charge in [0.2, 0.25) is 0 Å². The zero-order valence-electron chi connectivity index (χ0n) is 13.8. The van der Waals surface area contributed by atoms with Gasteiger partial charge in [0.25, 0.3) is 0 Å². The zero-order valence-corrected chi connectivity index (χ0v) is 14.8. The molecule has 2 aliphatic rings. The van der Waals surface area contributed by atoms with E-state index >= 15 is 0 Å². The normalized spacial score (nSPS) is 21.6. The van der Waals surface area contributed by atoms with Crippen LogP contribution in [0.25, 0.3) is 0 Å². The molecule has 1 heterocycles. The summed E-state index contributed by atoms with van der Waals surface area (Å²) in [5, 5.41) is 12.8. The second-order valence-corrected chi connectivity index (χ2v) is 11.0. The van der Waals surface area contributed by atoms with Crippen molar-refractivity contribution in [1.29, 1.82) is 0 Å². The quantitative estimate of drug-likeness (QED) is 0.871. The summed E-state index contributed by atoms with van der Waals surface area (Å²) in [5.41, 5.74) is 3.41. The van der Waals surface area contributed by atoms with Crippen molar-refractivity contribution in [2.24, 2.45) is 4.99 Å². The number of rotatable bonds is 3. The third-order valence-corrected chi connectivity index (χ3v) is 10.3. The fraction of sp³-hybridized carbons (Fsp3) is 0.389. The predicted molar refractivity (Wildman–Crippen MR) is 97.4 cm³/mol. The Bertz CT molecular complexity index is 684. The number of benzene rings is 1. The highest BCUT2D eigenvalue weighted by atomic mass is 28.3. The van der Waals surface area contributed by atoms with Crippen molar-refractivity contribution in [3.05, 3.63) is 41.6 Å². The van der Waals surface area contributed by atoms with Crippen LogP contribution in [0, 0.1) is 0 Å². The van der Waals surface area contributed by atoms with Crippen LogP contribution in [-0.2, 0) is 0 Å². The fourth-order valence-corrected chi connectivity index (χ4v) is 8.15. The molecule has 0 radical (unpaired) electrons. The van der Waals surface area contributed by atoms with Gasteiger partial charge in [0, 0.05) is 19.8 Å². The molecule has 0 spiro atoms. The molecular formula is C18H24N2OSi. The van der Waals surface area contributed by atoms with E-state index in [1.807, 2.05) is 18.2 Å². The highest BCUT2D eigenvalue weighted by Gasteiger charge is 2.42. The Kier molecular flexibility index (Phi) is 3.83. The van der Waals surface area contributed by atoms with Crippen LogP contribution in [-0.4, -0.2) is 39.1 Å². The lowest BCUT2D eigenvalue weighted by atomic mass is 10.1. The Morgan fingerprint density at radius 1 is 1.23 bits per heavy atom. The molecule has 0 amide bonds. The number of aliphatic hydroxyl groups is 1. The van der Waals surface area contributed by atoms with Crippen LogP contribution in [0.5, 0.6) is 0 Å². The number of aliphatic hydroxyl groups excluding tert-OH is 1. The van der Waals surface area contributed by atoms with Gasteiger partial charge in [0.15, 0.2) is 0 Å². The highest BCUT2D eigenvalue weighted by Crippen LogP contribution is 2.36. The molecular weight excluding hydrogens is 288 g/mol. The van der Waals surface area contributed by atoms with Crippen LogP contribution in [0.3, 0.4) is 0 Å². The molecule has 116 valence electrons. The summed E-state index contributed by atoms with van der Waals surface area (Å²) in [5.74, 6) is 0. The number of hydrogen-bond acceptors (Lipinski definition) is 3. The second kappa shape index (κ2) is 5.52. The van der Waals surface area contributed by atoms with Crippen LogP contribution in [0.4, 0.5) is 11.4 Å². The molecule has 1 aromatic rings. The van der Waals surface area contributed by atoms with E-state index in [4.69, 9.17) is 4.99 Å². The Hall–Kier alpha value is -1.65. The van der Waals surface area contributed by atoms with E-state index in [0.29, 0.717) is 0 Å². The Balaban J connectivity index is 2.27. The molecule has 0 saturated heterocycles. The summed E-state index contributed by atoms with van der Waals surface area (Å²) < 4.78 is 0. The van der Waals surface area contributed by atoms with Crippen molar-refractivity contribution in [2.75, 3.05) is 19.0 Å². The van der Waals surface area contributed by atoms with E-state index < -0.39 is 14.2 Å². The minimum atomic E-state index is -1.84. The largest absolute Gasteiger partial charge is 0.385 e. The molecule has 1 atom stereocenters. The first-order valence-corrected chi connectivity index (χ1v) is 10.4. The molecule has 3 rings (SSSR count). The minimum absolute atomic E-state index is 0.475. The maximum Gasteiger partial charge on any atom is 0.123 e. The van der Waals surface area contributed by atoms with Gasteiger partial charge in [-0.15, -0.1) is 0 Å². The van der Waals surface area contributed by atoms with Crippen molar-refractivity contribution in [1.82, 2.24) is 0 Å². The van der Waals surface area contributed by atoms with E-state index in [1.54, 1.807) is 0 Å².